The van der Waals surface area contributed by atoms with Crippen LogP contribution < -0.4 is 5.32 Å². The number of anilines is 1. The van der Waals surface area contributed by atoms with E-state index in [1.165, 1.54) is 6.92 Å². The molecular weight excluding hydrogens is 304 g/mol. The van der Waals surface area contributed by atoms with E-state index in [0.29, 0.717) is 12.8 Å². The minimum atomic E-state index is -3.06. The van der Waals surface area contributed by atoms with Crippen LogP contribution >= 0.6 is 11.3 Å². The van der Waals surface area contributed by atoms with Crippen molar-refractivity contribution in [1.82, 2.24) is 4.98 Å². The molecule has 0 radical (unpaired) electrons. The second-order valence-corrected chi connectivity index (χ2v) is 7.97. The summed E-state index contributed by atoms with van der Waals surface area (Å²) in [5.41, 5.74) is -0.292. The van der Waals surface area contributed by atoms with Gasteiger partial charge >= 0.3 is 5.97 Å². The van der Waals surface area contributed by atoms with Crippen LogP contribution in [0.15, 0.2) is 0 Å². The van der Waals surface area contributed by atoms with E-state index in [2.05, 4.69) is 10.3 Å². The Morgan fingerprint density at radius 2 is 2.20 bits per heavy atom. The number of nitrogens with one attached hydrogen (secondary N) is 1. The molecule has 1 atom stereocenters. The first-order valence-electron chi connectivity index (χ1n) is 6.02. The molecule has 0 bridgehead atoms. The number of hydrogen-bond donors (Lipinski definition) is 2. The van der Waals surface area contributed by atoms with E-state index in [9.17, 15) is 18.0 Å². The molecule has 0 saturated carbocycles. The van der Waals surface area contributed by atoms with Gasteiger partial charge in [0, 0.05) is 13.5 Å². The maximum atomic E-state index is 11.7. The lowest BCUT2D eigenvalue weighted by molar-refractivity contribution is 0.0687. The number of hydrogen-bond acceptors (Lipinski definition) is 7. The molecule has 110 valence electrons. The number of Topliss-reactive ketones (excluding diaryl/α,β-unsaturated/α-hetero) is 1. The number of carboxylic acids is 1. The summed E-state index contributed by atoms with van der Waals surface area (Å²) in [7, 11) is -3.06. The Kier molecular flexibility index (Phi) is 4.09. The summed E-state index contributed by atoms with van der Waals surface area (Å²) >= 11 is 0.932. The van der Waals surface area contributed by atoms with Crippen molar-refractivity contribution in [2.75, 3.05) is 17.6 Å². The lowest BCUT2D eigenvalue weighted by Crippen LogP contribution is -2.25. The largest absolute Gasteiger partial charge is 0.476 e. The Morgan fingerprint density at radius 3 is 2.65 bits per heavy atom. The summed E-state index contributed by atoms with van der Waals surface area (Å²) < 4.78 is 23.3. The van der Waals surface area contributed by atoms with Crippen molar-refractivity contribution in [2.24, 2.45) is 0 Å². The predicted octanol–water partition coefficient (Wildman–Crippen LogP) is 1.03. The minimum absolute atomic E-state index is 0.0641. The van der Waals surface area contributed by atoms with Crippen LogP contribution in [0.3, 0.4) is 0 Å². The van der Waals surface area contributed by atoms with Crippen molar-refractivity contribution in [1.29, 1.82) is 0 Å². The second-order valence-electron chi connectivity index (χ2n) is 4.57. The number of aromatic carboxylic acids is 1. The van der Waals surface area contributed by atoms with E-state index in [0.717, 1.165) is 11.3 Å². The lowest BCUT2D eigenvalue weighted by atomic mass is 10.2. The Balaban J connectivity index is 2.13. The quantitative estimate of drug-likeness (QED) is 0.779. The van der Waals surface area contributed by atoms with E-state index in [4.69, 9.17) is 5.11 Å². The van der Waals surface area contributed by atoms with Gasteiger partial charge in [-0.2, -0.15) is 0 Å². The smallest absolute Gasteiger partial charge is 0.356 e. The number of carbonyl (C=O) groups excluding carboxylic acids is 1. The normalized spacial score (nSPS) is 20.8. The molecule has 20 heavy (non-hydrogen) atoms. The van der Waals surface area contributed by atoms with Gasteiger partial charge in [-0.15, -0.1) is 0 Å². The molecular formula is C11H14N2O5S2. The van der Waals surface area contributed by atoms with E-state index in [-0.39, 0.29) is 33.8 Å². The van der Waals surface area contributed by atoms with Crippen LogP contribution in [0.5, 0.6) is 0 Å². The fourth-order valence-electron chi connectivity index (χ4n) is 2.07. The van der Waals surface area contributed by atoms with Crippen LogP contribution in [0.2, 0.25) is 0 Å². The molecule has 9 heteroatoms. The highest BCUT2D eigenvalue weighted by atomic mass is 32.2. The fourth-order valence-corrected chi connectivity index (χ4v) is 4.69. The minimum Gasteiger partial charge on any atom is -0.476 e. The van der Waals surface area contributed by atoms with Crippen molar-refractivity contribution in [3.8, 4) is 0 Å². The zero-order valence-electron chi connectivity index (χ0n) is 10.7. The molecule has 1 unspecified atom stereocenters. The van der Waals surface area contributed by atoms with E-state index >= 15 is 0 Å². The van der Waals surface area contributed by atoms with Crippen LogP contribution in [0.4, 0.5) is 5.13 Å². The first kappa shape index (κ1) is 14.9. The molecule has 0 aliphatic carbocycles. The SMILES string of the molecule is CC(=O)c1sc(NCC2CCCS2(=O)=O)nc1C(=O)O. The topological polar surface area (TPSA) is 113 Å². The monoisotopic (exact) mass is 318 g/mol. The second kappa shape index (κ2) is 5.49. The summed E-state index contributed by atoms with van der Waals surface area (Å²) in [6, 6.07) is 0. The summed E-state index contributed by atoms with van der Waals surface area (Å²) in [4.78, 5) is 26.2. The molecule has 1 saturated heterocycles. The van der Waals surface area contributed by atoms with Gasteiger partial charge in [0.25, 0.3) is 0 Å². The molecule has 0 spiro atoms. The van der Waals surface area contributed by atoms with Crippen LogP contribution in [0, 0.1) is 0 Å². The zero-order valence-corrected chi connectivity index (χ0v) is 12.4. The summed E-state index contributed by atoms with van der Waals surface area (Å²) in [6.45, 7) is 1.46. The van der Waals surface area contributed by atoms with Gasteiger partial charge in [0.1, 0.15) is 4.88 Å². The molecule has 2 rings (SSSR count). The summed E-state index contributed by atoms with van der Waals surface area (Å²) in [5.74, 6) is -1.45. The highest BCUT2D eigenvalue weighted by Crippen LogP contribution is 2.25. The highest BCUT2D eigenvalue weighted by molar-refractivity contribution is 7.92. The van der Waals surface area contributed by atoms with Gasteiger partial charge in [-0.3, -0.25) is 4.79 Å². The molecule has 2 N–H and O–H groups in total. The van der Waals surface area contributed by atoms with E-state index < -0.39 is 21.1 Å². The lowest BCUT2D eigenvalue weighted by Gasteiger charge is -2.09. The van der Waals surface area contributed by atoms with E-state index in [1.54, 1.807) is 0 Å². The number of nitrogens with zero attached hydrogens (tertiary/aromatic N) is 1. The number of carbonyl (C=O) groups is 2. The predicted molar refractivity (Wildman–Crippen MR) is 74.4 cm³/mol. The maximum absolute atomic E-state index is 11.7. The van der Waals surface area contributed by atoms with Crippen LogP contribution in [-0.2, 0) is 9.84 Å². The fraction of sp³-hybridized carbons (Fsp3) is 0.545. The highest BCUT2D eigenvalue weighted by Gasteiger charge is 2.31. The maximum Gasteiger partial charge on any atom is 0.356 e. The Labute approximate surface area is 119 Å². The average molecular weight is 318 g/mol. The van der Waals surface area contributed by atoms with Crippen molar-refractivity contribution in [3.63, 3.8) is 0 Å². The summed E-state index contributed by atoms with van der Waals surface area (Å²) in [5, 5.41) is 11.6. The van der Waals surface area contributed by atoms with Crippen LogP contribution in [0.1, 0.15) is 39.9 Å². The van der Waals surface area contributed by atoms with Gasteiger partial charge < -0.3 is 10.4 Å². The first-order valence-corrected chi connectivity index (χ1v) is 8.55. The van der Waals surface area contributed by atoms with Crippen molar-refractivity contribution in [2.45, 2.75) is 25.0 Å². The average Bonchev–Trinajstić information content (AvgIpc) is 2.90. The number of sulfone groups is 1. The third kappa shape index (κ3) is 2.98. The van der Waals surface area contributed by atoms with Gasteiger partial charge in [-0.1, -0.05) is 11.3 Å². The third-order valence-corrected chi connectivity index (χ3v) is 6.48. The Hall–Kier alpha value is -1.48. The van der Waals surface area contributed by atoms with Gasteiger partial charge in [-0.05, 0) is 12.8 Å². The van der Waals surface area contributed by atoms with Gasteiger partial charge in [0.05, 0.1) is 11.0 Å². The number of thiazole rings is 1. The van der Waals surface area contributed by atoms with Gasteiger partial charge in [0.15, 0.2) is 26.4 Å². The molecule has 1 fully saturated rings. The van der Waals surface area contributed by atoms with Crippen molar-refractivity contribution >= 4 is 38.1 Å². The Bertz CT molecular complexity index is 618. The van der Waals surface area contributed by atoms with Gasteiger partial charge in [0.2, 0.25) is 0 Å². The van der Waals surface area contributed by atoms with Gasteiger partial charge in [-0.25, -0.2) is 18.2 Å². The summed E-state index contributed by atoms with van der Waals surface area (Å²) in [6.07, 6.45) is 1.23. The number of aromatic nitrogens is 1. The molecule has 0 amide bonds. The van der Waals surface area contributed by atoms with Crippen molar-refractivity contribution < 1.29 is 23.1 Å². The molecule has 1 aromatic heterocycles. The number of rotatable bonds is 5. The van der Waals surface area contributed by atoms with Crippen LogP contribution in [-0.4, -0.2) is 47.8 Å². The first-order chi connectivity index (χ1) is 9.31. The molecule has 2 heterocycles. The zero-order chi connectivity index (χ0) is 14.9. The van der Waals surface area contributed by atoms with Crippen LogP contribution in [0.25, 0.3) is 0 Å². The molecule has 0 aromatic carbocycles. The number of carboxylic acid groups (broad SMARTS) is 1. The molecule has 7 nitrogen and oxygen atoms in total. The molecule has 1 aromatic rings. The molecule has 1 aliphatic rings. The number of ketones is 1. The standard InChI is InChI=1S/C11H14N2O5S2/c1-6(14)9-8(10(15)16)13-11(19-9)12-5-7-3-2-4-20(7,17)18/h7H,2-5H2,1H3,(H,12,13)(H,15,16). The Morgan fingerprint density at radius 1 is 1.50 bits per heavy atom. The third-order valence-electron chi connectivity index (χ3n) is 3.09. The molecule has 1 aliphatic heterocycles. The van der Waals surface area contributed by atoms with Crippen molar-refractivity contribution in [3.05, 3.63) is 10.6 Å². The van der Waals surface area contributed by atoms with E-state index in [1.807, 2.05) is 0 Å².